The Kier molecular flexibility index (Phi) is 2.82. The molecule has 0 atom stereocenters. The summed E-state index contributed by atoms with van der Waals surface area (Å²) in [6.07, 6.45) is 3.41. The number of carbonyl (C=O) groups excluding carboxylic acids is 1. The lowest BCUT2D eigenvalue weighted by atomic mass is 10.1. The van der Waals surface area contributed by atoms with Gasteiger partial charge < -0.3 is 11.1 Å². The number of hydrogen-bond acceptors (Lipinski definition) is 2. The average molecular weight is 213 g/mol. The number of aromatic nitrogens is 1. The van der Waals surface area contributed by atoms with Gasteiger partial charge in [0.2, 0.25) is 0 Å². The van der Waals surface area contributed by atoms with Crippen molar-refractivity contribution in [3.63, 3.8) is 0 Å². The molecule has 2 rings (SSSR count). The number of primary amides is 1. The number of pyridine rings is 1. The molecular formula is C12H11N3O. The van der Waals surface area contributed by atoms with Crippen LogP contribution in [0.4, 0.5) is 10.5 Å². The molecule has 0 fully saturated rings. The van der Waals surface area contributed by atoms with E-state index in [9.17, 15) is 4.79 Å². The number of para-hydroxylation sites is 1. The molecule has 16 heavy (non-hydrogen) atoms. The lowest BCUT2D eigenvalue weighted by molar-refractivity contribution is 0.259. The SMILES string of the molecule is NC(=O)Nc1ccccc1-c1ccncc1. The molecule has 0 spiro atoms. The monoisotopic (exact) mass is 213 g/mol. The Morgan fingerprint density at radius 3 is 2.50 bits per heavy atom. The first-order chi connectivity index (χ1) is 7.77. The molecule has 3 N–H and O–H groups in total. The maximum Gasteiger partial charge on any atom is 0.316 e. The molecule has 4 nitrogen and oxygen atoms in total. The molecule has 0 saturated carbocycles. The summed E-state index contributed by atoms with van der Waals surface area (Å²) in [7, 11) is 0. The van der Waals surface area contributed by atoms with E-state index in [1.807, 2.05) is 30.3 Å². The van der Waals surface area contributed by atoms with E-state index in [2.05, 4.69) is 10.3 Å². The van der Waals surface area contributed by atoms with Crippen LogP contribution in [0.25, 0.3) is 11.1 Å². The van der Waals surface area contributed by atoms with Crippen molar-refractivity contribution in [2.75, 3.05) is 5.32 Å². The minimum absolute atomic E-state index is 0.568. The minimum Gasteiger partial charge on any atom is -0.351 e. The van der Waals surface area contributed by atoms with Gasteiger partial charge >= 0.3 is 6.03 Å². The summed E-state index contributed by atoms with van der Waals surface area (Å²) in [4.78, 5) is 14.8. The number of rotatable bonds is 2. The zero-order valence-electron chi connectivity index (χ0n) is 8.55. The molecule has 1 aromatic carbocycles. The van der Waals surface area contributed by atoms with Crippen LogP contribution < -0.4 is 11.1 Å². The molecule has 2 aromatic rings. The summed E-state index contributed by atoms with van der Waals surface area (Å²) < 4.78 is 0. The second-order valence-electron chi connectivity index (χ2n) is 3.27. The highest BCUT2D eigenvalue weighted by Gasteiger charge is 2.04. The van der Waals surface area contributed by atoms with Gasteiger partial charge in [0.15, 0.2) is 0 Å². The van der Waals surface area contributed by atoms with Crippen LogP contribution >= 0.6 is 0 Å². The van der Waals surface area contributed by atoms with Gasteiger partial charge in [-0.25, -0.2) is 4.79 Å². The Hall–Kier alpha value is -2.36. The fourth-order valence-corrected chi connectivity index (χ4v) is 1.51. The zero-order valence-corrected chi connectivity index (χ0v) is 8.55. The highest BCUT2D eigenvalue weighted by molar-refractivity contribution is 5.93. The number of nitrogens with two attached hydrogens (primary N) is 1. The predicted octanol–water partition coefficient (Wildman–Crippen LogP) is 2.24. The van der Waals surface area contributed by atoms with Crippen molar-refractivity contribution in [1.29, 1.82) is 0 Å². The molecule has 0 saturated heterocycles. The van der Waals surface area contributed by atoms with E-state index in [0.717, 1.165) is 11.1 Å². The number of urea groups is 1. The van der Waals surface area contributed by atoms with Crippen molar-refractivity contribution in [2.45, 2.75) is 0 Å². The number of nitrogens with zero attached hydrogens (tertiary/aromatic N) is 1. The Morgan fingerprint density at radius 2 is 1.81 bits per heavy atom. The molecule has 1 aromatic heterocycles. The molecule has 0 aliphatic carbocycles. The van der Waals surface area contributed by atoms with Crippen molar-refractivity contribution in [3.8, 4) is 11.1 Å². The summed E-state index contributed by atoms with van der Waals surface area (Å²) in [5, 5.41) is 2.59. The van der Waals surface area contributed by atoms with Crippen LogP contribution in [0.3, 0.4) is 0 Å². The predicted molar refractivity (Wildman–Crippen MR) is 62.9 cm³/mol. The van der Waals surface area contributed by atoms with Crippen LogP contribution in [0.1, 0.15) is 0 Å². The number of carbonyl (C=O) groups is 1. The van der Waals surface area contributed by atoms with Crippen LogP contribution in [-0.4, -0.2) is 11.0 Å². The molecule has 0 bridgehead atoms. The molecular weight excluding hydrogens is 202 g/mol. The highest BCUT2D eigenvalue weighted by Crippen LogP contribution is 2.26. The number of nitrogens with one attached hydrogen (secondary N) is 1. The van der Waals surface area contributed by atoms with Crippen LogP contribution in [0.2, 0.25) is 0 Å². The fraction of sp³-hybridized carbons (Fsp3) is 0. The van der Waals surface area contributed by atoms with Gasteiger partial charge in [-0.3, -0.25) is 4.98 Å². The van der Waals surface area contributed by atoms with E-state index < -0.39 is 6.03 Å². The van der Waals surface area contributed by atoms with E-state index in [0.29, 0.717) is 5.69 Å². The number of benzene rings is 1. The van der Waals surface area contributed by atoms with Crippen LogP contribution in [0, 0.1) is 0 Å². The van der Waals surface area contributed by atoms with Gasteiger partial charge in [-0.05, 0) is 23.8 Å². The van der Waals surface area contributed by atoms with Crippen molar-refractivity contribution in [1.82, 2.24) is 4.98 Å². The largest absolute Gasteiger partial charge is 0.351 e. The molecule has 0 radical (unpaired) electrons. The summed E-state index contributed by atoms with van der Waals surface area (Å²) in [6.45, 7) is 0. The number of hydrogen-bond donors (Lipinski definition) is 2. The second kappa shape index (κ2) is 4.44. The topological polar surface area (TPSA) is 68.0 Å². The normalized spacial score (nSPS) is 9.75. The van der Waals surface area contributed by atoms with Crippen molar-refractivity contribution < 1.29 is 4.79 Å². The average Bonchev–Trinajstić information content (AvgIpc) is 2.30. The molecule has 4 heteroatoms. The van der Waals surface area contributed by atoms with E-state index in [1.165, 1.54) is 0 Å². The van der Waals surface area contributed by atoms with Crippen LogP contribution in [-0.2, 0) is 0 Å². The summed E-state index contributed by atoms with van der Waals surface area (Å²) in [5.74, 6) is 0. The third-order valence-electron chi connectivity index (χ3n) is 2.18. The Morgan fingerprint density at radius 1 is 1.12 bits per heavy atom. The van der Waals surface area contributed by atoms with E-state index in [1.54, 1.807) is 18.5 Å². The fourth-order valence-electron chi connectivity index (χ4n) is 1.51. The standard InChI is InChI=1S/C12H11N3O/c13-12(16)15-11-4-2-1-3-10(11)9-5-7-14-8-6-9/h1-8H,(H3,13,15,16). The molecule has 0 aliphatic heterocycles. The van der Waals surface area contributed by atoms with Crippen LogP contribution in [0.15, 0.2) is 48.8 Å². The van der Waals surface area contributed by atoms with Gasteiger partial charge in [0, 0.05) is 18.0 Å². The summed E-state index contributed by atoms with van der Waals surface area (Å²) in [6, 6.07) is 10.7. The molecule has 1 heterocycles. The third kappa shape index (κ3) is 2.17. The van der Waals surface area contributed by atoms with Crippen LogP contribution in [0.5, 0.6) is 0 Å². The Bertz CT molecular complexity index is 497. The summed E-state index contributed by atoms with van der Waals surface area (Å²) in [5.41, 5.74) is 7.71. The first-order valence-corrected chi connectivity index (χ1v) is 4.83. The Balaban J connectivity index is 2.44. The minimum atomic E-state index is -0.568. The molecule has 2 amide bonds. The van der Waals surface area contributed by atoms with E-state index >= 15 is 0 Å². The lowest BCUT2D eigenvalue weighted by Gasteiger charge is -2.08. The Labute approximate surface area is 93.1 Å². The van der Waals surface area contributed by atoms with Gasteiger partial charge in [0.1, 0.15) is 0 Å². The maximum absolute atomic E-state index is 10.9. The maximum atomic E-state index is 10.9. The molecule has 0 aliphatic rings. The van der Waals surface area contributed by atoms with Gasteiger partial charge in [0.25, 0.3) is 0 Å². The first-order valence-electron chi connectivity index (χ1n) is 4.83. The van der Waals surface area contributed by atoms with Crippen molar-refractivity contribution in [3.05, 3.63) is 48.8 Å². The third-order valence-corrected chi connectivity index (χ3v) is 2.18. The highest BCUT2D eigenvalue weighted by atomic mass is 16.2. The van der Waals surface area contributed by atoms with Crippen molar-refractivity contribution in [2.24, 2.45) is 5.73 Å². The van der Waals surface area contributed by atoms with E-state index in [-0.39, 0.29) is 0 Å². The smallest absolute Gasteiger partial charge is 0.316 e. The molecule has 0 unspecified atom stereocenters. The quantitative estimate of drug-likeness (QED) is 0.803. The number of anilines is 1. The first kappa shape index (κ1) is 10.2. The summed E-state index contributed by atoms with van der Waals surface area (Å²) >= 11 is 0. The lowest BCUT2D eigenvalue weighted by Crippen LogP contribution is -2.19. The van der Waals surface area contributed by atoms with Gasteiger partial charge in [-0.1, -0.05) is 18.2 Å². The van der Waals surface area contributed by atoms with Gasteiger partial charge in [-0.15, -0.1) is 0 Å². The molecule has 80 valence electrons. The van der Waals surface area contributed by atoms with Crippen molar-refractivity contribution >= 4 is 11.7 Å². The zero-order chi connectivity index (χ0) is 11.4. The number of amides is 2. The van der Waals surface area contributed by atoms with Gasteiger partial charge in [-0.2, -0.15) is 0 Å². The second-order valence-corrected chi connectivity index (χ2v) is 3.27. The van der Waals surface area contributed by atoms with E-state index in [4.69, 9.17) is 5.73 Å². The van der Waals surface area contributed by atoms with Gasteiger partial charge in [0.05, 0.1) is 5.69 Å².